The lowest BCUT2D eigenvalue weighted by atomic mass is 9.97. The van der Waals surface area contributed by atoms with Gasteiger partial charge >= 0.3 is 0 Å². The molecule has 1 aliphatic heterocycles. The molecule has 0 N–H and O–H groups in total. The van der Waals surface area contributed by atoms with Crippen molar-refractivity contribution >= 4 is 21.7 Å². The van der Waals surface area contributed by atoms with Gasteiger partial charge in [-0.1, -0.05) is 28.1 Å². The Morgan fingerprint density at radius 1 is 1.50 bits per heavy atom. The van der Waals surface area contributed by atoms with Crippen LogP contribution in [-0.4, -0.2) is 11.1 Å². The van der Waals surface area contributed by atoms with E-state index in [2.05, 4.69) is 15.9 Å². The number of carbonyl (C=O) groups is 1. The van der Waals surface area contributed by atoms with Crippen LogP contribution >= 0.6 is 15.9 Å². The number of halogens is 1. The lowest BCUT2D eigenvalue weighted by molar-refractivity contribution is 0.102. The van der Waals surface area contributed by atoms with Crippen molar-refractivity contribution in [1.29, 1.82) is 0 Å². The van der Waals surface area contributed by atoms with Crippen molar-refractivity contribution in [3.8, 4) is 0 Å². The first-order valence-electron chi connectivity index (χ1n) is 4.52. The van der Waals surface area contributed by atoms with Gasteiger partial charge in [0.15, 0.2) is 5.78 Å². The van der Waals surface area contributed by atoms with E-state index in [4.69, 9.17) is 4.74 Å². The zero-order chi connectivity index (χ0) is 10.1. The quantitative estimate of drug-likeness (QED) is 0.599. The van der Waals surface area contributed by atoms with Crippen LogP contribution in [0.15, 0.2) is 12.1 Å². The molecule has 14 heavy (non-hydrogen) atoms. The number of ether oxygens (including phenoxy) is 1. The van der Waals surface area contributed by atoms with Gasteiger partial charge in [-0.05, 0) is 23.6 Å². The van der Waals surface area contributed by atoms with E-state index in [9.17, 15) is 4.79 Å². The highest BCUT2D eigenvalue weighted by molar-refractivity contribution is 9.09. The van der Waals surface area contributed by atoms with Crippen molar-refractivity contribution in [1.82, 2.24) is 0 Å². The van der Waals surface area contributed by atoms with E-state index in [1.165, 1.54) is 11.1 Å². The Hall–Kier alpha value is -0.670. The van der Waals surface area contributed by atoms with E-state index in [1.807, 2.05) is 19.1 Å². The molecule has 0 saturated carbocycles. The molecule has 0 atom stereocenters. The molecule has 74 valence electrons. The molecule has 1 heterocycles. The zero-order valence-corrected chi connectivity index (χ0v) is 9.56. The first kappa shape index (κ1) is 9.87. The molecule has 2 nitrogen and oxygen atoms in total. The Morgan fingerprint density at radius 3 is 3.00 bits per heavy atom. The number of hydrogen-bond acceptors (Lipinski definition) is 2. The second kappa shape index (κ2) is 3.83. The molecule has 0 radical (unpaired) electrons. The average Bonchev–Trinajstić information content (AvgIpc) is 2.66. The predicted molar refractivity (Wildman–Crippen MR) is 57.8 cm³/mol. The fourth-order valence-corrected chi connectivity index (χ4v) is 2.09. The van der Waals surface area contributed by atoms with Crippen LogP contribution in [0.3, 0.4) is 0 Å². The van der Waals surface area contributed by atoms with Gasteiger partial charge in [0.05, 0.1) is 18.5 Å². The topological polar surface area (TPSA) is 26.3 Å². The van der Waals surface area contributed by atoms with Gasteiger partial charge in [0.25, 0.3) is 0 Å². The largest absolute Gasteiger partial charge is 0.372 e. The molecule has 0 aliphatic carbocycles. The van der Waals surface area contributed by atoms with Crippen LogP contribution in [0.5, 0.6) is 0 Å². The van der Waals surface area contributed by atoms with Crippen LogP contribution in [0.25, 0.3) is 0 Å². The van der Waals surface area contributed by atoms with Gasteiger partial charge in [-0.15, -0.1) is 0 Å². The number of Topliss-reactive ketones (excluding diaryl/α,β-unsaturated/α-hetero) is 1. The van der Waals surface area contributed by atoms with Crippen LogP contribution in [0.4, 0.5) is 0 Å². The Kier molecular flexibility index (Phi) is 2.70. The number of benzene rings is 1. The first-order chi connectivity index (χ1) is 6.74. The van der Waals surface area contributed by atoms with Crippen LogP contribution in [0.1, 0.15) is 27.0 Å². The lowest BCUT2D eigenvalue weighted by Gasteiger charge is -2.07. The Bertz CT molecular complexity index is 385. The third-order valence-corrected chi connectivity index (χ3v) is 3.13. The molecule has 1 aliphatic rings. The van der Waals surface area contributed by atoms with E-state index < -0.39 is 0 Å². The molecule has 2 rings (SSSR count). The summed E-state index contributed by atoms with van der Waals surface area (Å²) < 4.78 is 5.34. The van der Waals surface area contributed by atoms with E-state index in [0.717, 1.165) is 11.1 Å². The number of rotatable bonds is 2. The van der Waals surface area contributed by atoms with Gasteiger partial charge in [0.1, 0.15) is 0 Å². The second-order valence-corrected chi connectivity index (χ2v) is 3.99. The van der Waals surface area contributed by atoms with E-state index in [0.29, 0.717) is 18.5 Å². The van der Waals surface area contributed by atoms with Crippen LogP contribution < -0.4 is 0 Å². The van der Waals surface area contributed by atoms with Crippen molar-refractivity contribution in [2.75, 3.05) is 5.33 Å². The van der Waals surface area contributed by atoms with Gasteiger partial charge in [-0.3, -0.25) is 4.79 Å². The summed E-state index contributed by atoms with van der Waals surface area (Å²) in [5.41, 5.74) is 4.29. The summed E-state index contributed by atoms with van der Waals surface area (Å²) >= 11 is 3.19. The fourth-order valence-electron chi connectivity index (χ4n) is 1.79. The monoisotopic (exact) mass is 254 g/mol. The molecule has 1 aromatic carbocycles. The van der Waals surface area contributed by atoms with Crippen molar-refractivity contribution in [3.05, 3.63) is 34.4 Å². The standard InChI is InChI=1S/C11H11BrO2/c1-7-9(11(13)4-12)3-2-8-5-14-6-10(7)8/h2-3H,4-6H2,1H3. The molecule has 0 fully saturated rings. The Balaban J connectivity index is 2.50. The summed E-state index contributed by atoms with van der Waals surface area (Å²) in [5.74, 6) is 0.136. The maximum absolute atomic E-state index is 11.5. The predicted octanol–water partition coefficient (Wildman–Crippen LogP) is 2.60. The molecule has 1 aromatic rings. The zero-order valence-electron chi connectivity index (χ0n) is 7.97. The molecule has 0 unspecified atom stereocenters. The maximum Gasteiger partial charge on any atom is 0.173 e. The lowest BCUT2D eigenvalue weighted by Crippen LogP contribution is -2.05. The summed E-state index contributed by atoms with van der Waals surface area (Å²) in [4.78, 5) is 11.5. The molecule has 0 aromatic heterocycles. The maximum atomic E-state index is 11.5. The number of ketones is 1. The van der Waals surface area contributed by atoms with E-state index in [1.54, 1.807) is 0 Å². The number of hydrogen-bond donors (Lipinski definition) is 0. The van der Waals surface area contributed by atoms with E-state index >= 15 is 0 Å². The van der Waals surface area contributed by atoms with Gasteiger partial charge < -0.3 is 4.74 Å². The second-order valence-electron chi connectivity index (χ2n) is 3.43. The van der Waals surface area contributed by atoms with E-state index in [-0.39, 0.29) is 5.78 Å². The summed E-state index contributed by atoms with van der Waals surface area (Å²) in [6.45, 7) is 3.31. The molecule has 3 heteroatoms. The summed E-state index contributed by atoms with van der Waals surface area (Å²) in [6, 6.07) is 3.89. The van der Waals surface area contributed by atoms with Gasteiger partial charge in [0, 0.05) is 5.56 Å². The third-order valence-electron chi connectivity index (χ3n) is 2.62. The molecule has 0 spiro atoms. The molecule has 0 saturated heterocycles. The van der Waals surface area contributed by atoms with Crippen molar-refractivity contribution in [2.45, 2.75) is 20.1 Å². The minimum atomic E-state index is 0.136. The highest BCUT2D eigenvalue weighted by Gasteiger charge is 2.18. The first-order valence-corrected chi connectivity index (χ1v) is 5.64. The van der Waals surface area contributed by atoms with Crippen molar-refractivity contribution in [3.63, 3.8) is 0 Å². The Morgan fingerprint density at radius 2 is 2.29 bits per heavy atom. The molecular weight excluding hydrogens is 244 g/mol. The smallest absolute Gasteiger partial charge is 0.173 e. The van der Waals surface area contributed by atoms with Crippen molar-refractivity contribution in [2.24, 2.45) is 0 Å². The highest BCUT2D eigenvalue weighted by Crippen LogP contribution is 2.26. The third kappa shape index (κ3) is 1.51. The van der Waals surface area contributed by atoms with Crippen LogP contribution in [0.2, 0.25) is 0 Å². The number of alkyl halides is 1. The summed E-state index contributed by atoms with van der Waals surface area (Å²) in [5, 5.41) is 0.382. The van der Waals surface area contributed by atoms with Crippen LogP contribution in [0, 0.1) is 6.92 Å². The molecular formula is C11H11BrO2. The fraction of sp³-hybridized carbons (Fsp3) is 0.364. The van der Waals surface area contributed by atoms with Gasteiger partial charge in [0.2, 0.25) is 0 Å². The molecule has 0 amide bonds. The minimum absolute atomic E-state index is 0.136. The normalized spacial score (nSPS) is 14.1. The molecule has 0 bridgehead atoms. The highest BCUT2D eigenvalue weighted by atomic mass is 79.9. The van der Waals surface area contributed by atoms with Gasteiger partial charge in [-0.2, -0.15) is 0 Å². The number of carbonyl (C=O) groups excluding carboxylic acids is 1. The Labute approximate surface area is 91.4 Å². The number of fused-ring (bicyclic) bond motifs is 1. The summed E-state index contributed by atoms with van der Waals surface area (Å²) in [6.07, 6.45) is 0. The van der Waals surface area contributed by atoms with Gasteiger partial charge in [-0.25, -0.2) is 0 Å². The van der Waals surface area contributed by atoms with Crippen molar-refractivity contribution < 1.29 is 9.53 Å². The summed E-state index contributed by atoms with van der Waals surface area (Å²) in [7, 11) is 0. The minimum Gasteiger partial charge on any atom is -0.372 e. The average molecular weight is 255 g/mol. The van der Waals surface area contributed by atoms with Crippen LogP contribution in [-0.2, 0) is 18.0 Å². The SMILES string of the molecule is Cc1c(C(=O)CBr)ccc2c1COC2.